The highest BCUT2D eigenvalue weighted by Crippen LogP contribution is 2.25. The van der Waals surface area contributed by atoms with Crippen LogP contribution in [0.5, 0.6) is 0 Å². The average molecular weight is 253 g/mol. The van der Waals surface area contributed by atoms with Gasteiger partial charge in [0, 0.05) is 12.6 Å². The zero-order valence-electron chi connectivity index (χ0n) is 10.7. The van der Waals surface area contributed by atoms with Crippen LogP contribution in [0, 0.1) is 25.2 Å². The van der Waals surface area contributed by atoms with Crippen molar-refractivity contribution in [3.63, 3.8) is 0 Å². The van der Waals surface area contributed by atoms with E-state index in [2.05, 4.69) is 35.0 Å². The first-order valence-electron chi connectivity index (χ1n) is 5.62. The number of anilines is 1. The van der Waals surface area contributed by atoms with Gasteiger partial charge in [0.25, 0.3) is 0 Å². The van der Waals surface area contributed by atoms with Gasteiger partial charge >= 0.3 is 0 Å². The van der Waals surface area contributed by atoms with E-state index in [4.69, 9.17) is 16.9 Å². The van der Waals surface area contributed by atoms with E-state index in [-0.39, 0.29) is 6.04 Å². The van der Waals surface area contributed by atoms with Crippen LogP contribution in [-0.2, 0) is 0 Å². The van der Waals surface area contributed by atoms with E-state index >= 15 is 0 Å². The van der Waals surface area contributed by atoms with Crippen LogP contribution in [0.3, 0.4) is 0 Å². The standard InChI is InChI=1S/C12H17ClN4/c1-8(2)17(7-5-6-14)12-10(4)9(3)11(13)15-16-12/h8H,5,7H2,1-4H3. The van der Waals surface area contributed by atoms with E-state index in [1.807, 2.05) is 13.8 Å². The summed E-state index contributed by atoms with van der Waals surface area (Å²) in [5.41, 5.74) is 1.97. The molecular weight excluding hydrogens is 236 g/mol. The minimum atomic E-state index is 0.275. The van der Waals surface area contributed by atoms with Gasteiger partial charge in [-0.05, 0) is 38.8 Å². The third-order valence-electron chi connectivity index (χ3n) is 2.80. The molecule has 92 valence electrons. The molecule has 0 amide bonds. The van der Waals surface area contributed by atoms with Crippen molar-refractivity contribution < 1.29 is 0 Å². The molecule has 1 aromatic rings. The fourth-order valence-corrected chi connectivity index (χ4v) is 1.80. The van der Waals surface area contributed by atoms with Gasteiger partial charge in [-0.2, -0.15) is 5.26 Å². The second-order valence-corrected chi connectivity index (χ2v) is 4.62. The maximum Gasteiger partial charge on any atom is 0.155 e. The van der Waals surface area contributed by atoms with Crippen molar-refractivity contribution in [1.82, 2.24) is 10.2 Å². The normalized spacial score (nSPS) is 10.4. The van der Waals surface area contributed by atoms with Crippen LogP contribution in [0.4, 0.5) is 5.82 Å². The van der Waals surface area contributed by atoms with E-state index in [9.17, 15) is 0 Å². The molecule has 0 saturated heterocycles. The maximum absolute atomic E-state index is 8.68. The highest BCUT2D eigenvalue weighted by molar-refractivity contribution is 6.30. The lowest BCUT2D eigenvalue weighted by molar-refractivity contribution is 0.667. The van der Waals surface area contributed by atoms with Gasteiger partial charge in [-0.25, -0.2) is 0 Å². The van der Waals surface area contributed by atoms with E-state index < -0.39 is 0 Å². The Labute approximate surface area is 107 Å². The smallest absolute Gasteiger partial charge is 0.155 e. The largest absolute Gasteiger partial charge is 0.351 e. The molecule has 0 unspecified atom stereocenters. The zero-order valence-corrected chi connectivity index (χ0v) is 11.4. The molecule has 0 atom stereocenters. The highest BCUT2D eigenvalue weighted by atomic mass is 35.5. The summed E-state index contributed by atoms with van der Waals surface area (Å²) in [6, 6.07) is 2.43. The van der Waals surface area contributed by atoms with E-state index in [1.54, 1.807) is 0 Å². The Morgan fingerprint density at radius 1 is 1.29 bits per heavy atom. The molecule has 0 radical (unpaired) electrons. The molecule has 0 aliphatic heterocycles. The van der Waals surface area contributed by atoms with Crippen LogP contribution >= 0.6 is 11.6 Å². The first-order valence-corrected chi connectivity index (χ1v) is 5.99. The lowest BCUT2D eigenvalue weighted by atomic mass is 10.1. The molecule has 1 aromatic heterocycles. The predicted octanol–water partition coefficient (Wildman–Crippen LogP) is 2.88. The topological polar surface area (TPSA) is 52.8 Å². The van der Waals surface area contributed by atoms with Crippen molar-refractivity contribution in [3.8, 4) is 6.07 Å². The number of halogens is 1. The molecule has 0 saturated carbocycles. The molecule has 1 heterocycles. The van der Waals surface area contributed by atoms with Crippen LogP contribution in [0.1, 0.15) is 31.4 Å². The van der Waals surface area contributed by atoms with Crippen LogP contribution < -0.4 is 4.90 Å². The Hall–Kier alpha value is -1.34. The number of rotatable bonds is 4. The van der Waals surface area contributed by atoms with Crippen molar-refractivity contribution in [2.24, 2.45) is 0 Å². The highest BCUT2D eigenvalue weighted by Gasteiger charge is 2.17. The summed E-state index contributed by atoms with van der Waals surface area (Å²) in [5.74, 6) is 0.817. The fraction of sp³-hybridized carbons (Fsp3) is 0.583. The molecule has 4 nitrogen and oxygen atoms in total. The van der Waals surface area contributed by atoms with Crippen molar-refractivity contribution >= 4 is 17.4 Å². The van der Waals surface area contributed by atoms with Gasteiger partial charge in [-0.15, -0.1) is 10.2 Å². The second-order valence-electron chi connectivity index (χ2n) is 4.26. The van der Waals surface area contributed by atoms with Gasteiger partial charge in [0.1, 0.15) is 0 Å². The summed E-state index contributed by atoms with van der Waals surface area (Å²) in [6.45, 7) is 8.71. The number of hydrogen-bond acceptors (Lipinski definition) is 4. The molecule has 0 bridgehead atoms. The van der Waals surface area contributed by atoms with Gasteiger partial charge in [0.05, 0.1) is 12.5 Å². The predicted molar refractivity (Wildman–Crippen MR) is 69.2 cm³/mol. The Kier molecular flexibility index (Phi) is 4.71. The minimum Gasteiger partial charge on any atom is -0.351 e. The van der Waals surface area contributed by atoms with Crippen LogP contribution in [0.25, 0.3) is 0 Å². The van der Waals surface area contributed by atoms with E-state index in [1.165, 1.54) is 0 Å². The van der Waals surface area contributed by atoms with Gasteiger partial charge < -0.3 is 4.90 Å². The molecule has 5 heteroatoms. The fourth-order valence-electron chi connectivity index (χ4n) is 1.62. The van der Waals surface area contributed by atoms with Crippen LogP contribution in [-0.4, -0.2) is 22.8 Å². The molecule has 0 aromatic carbocycles. The first-order chi connectivity index (χ1) is 7.99. The summed E-state index contributed by atoms with van der Waals surface area (Å²) in [4.78, 5) is 2.08. The summed E-state index contributed by atoms with van der Waals surface area (Å²) >= 11 is 5.93. The summed E-state index contributed by atoms with van der Waals surface area (Å²) in [7, 11) is 0. The van der Waals surface area contributed by atoms with Gasteiger partial charge in [-0.3, -0.25) is 0 Å². The van der Waals surface area contributed by atoms with Crippen molar-refractivity contribution in [2.75, 3.05) is 11.4 Å². The lowest BCUT2D eigenvalue weighted by Gasteiger charge is -2.28. The molecule has 1 rings (SSSR count). The molecule has 0 aliphatic rings. The zero-order chi connectivity index (χ0) is 13.0. The Morgan fingerprint density at radius 3 is 2.47 bits per heavy atom. The summed E-state index contributed by atoms with van der Waals surface area (Å²) in [5, 5.41) is 17.2. The average Bonchev–Trinajstić information content (AvgIpc) is 2.28. The monoisotopic (exact) mass is 252 g/mol. The van der Waals surface area contributed by atoms with Crippen LogP contribution in [0.15, 0.2) is 0 Å². The van der Waals surface area contributed by atoms with Crippen LogP contribution in [0.2, 0.25) is 5.15 Å². The summed E-state index contributed by atoms with van der Waals surface area (Å²) < 4.78 is 0. The molecule has 17 heavy (non-hydrogen) atoms. The third kappa shape index (κ3) is 3.07. The number of aromatic nitrogens is 2. The molecule has 0 aliphatic carbocycles. The van der Waals surface area contributed by atoms with Crippen molar-refractivity contribution in [2.45, 2.75) is 40.2 Å². The molecular formula is C12H17ClN4. The van der Waals surface area contributed by atoms with Crippen molar-refractivity contribution in [1.29, 1.82) is 5.26 Å². The number of nitriles is 1. The third-order valence-corrected chi connectivity index (χ3v) is 3.16. The Morgan fingerprint density at radius 2 is 1.94 bits per heavy atom. The van der Waals surface area contributed by atoms with Gasteiger partial charge in [-0.1, -0.05) is 11.6 Å². The van der Waals surface area contributed by atoms with E-state index in [0.29, 0.717) is 18.1 Å². The second kappa shape index (κ2) is 5.83. The quantitative estimate of drug-likeness (QED) is 0.827. The number of nitrogens with zero attached hydrogens (tertiary/aromatic N) is 4. The maximum atomic E-state index is 8.68. The lowest BCUT2D eigenvalue weighted by Crippen LogP contribution is -2.33. The first kappa shape index (κ1) is 13.7. The SMILES string of the molecule is Cc1c(Cl)nnc(N(CCC#N)C(C)C)c1C. The number of hydrogen-bond donors (Lipinski definition) is 0. The van der Waals surface area contributed by atoms with Crippen molar-refractivity contribution in [3.05, 3.63) is 16.3 Å². The molecule has 0 N–H and O–H groups in total. The Bertz CT molecular complexity index is 437. The van der Waals surface area contributed by atoms with E-state index in [0.717, 1.165) is 16.9 Å². The van der Waals surface area contributed by atoms with Gasteiger partial charge in [0.2, 0.25) is 0 Å². The molecule has 0 spiro atoms. The minimum absolute atomic E-state index is 0.275. The summed E-state index contributed by atoms with van der Waals surface area (Å²) in [6.07, 6.45) is 0.473. The molecule has 0 fully saturated rings. The Balaban J connectivity index is 3.11. The van der Waals surface area contributed by atoms with Gasteiger partial charge in [0.15, 0.2) is 11.0 Å².